The Labute approximate surface area is 157 Å². The fourth-order valence-corrected chi connectivity index (χ4v) is 5.68. The first-order valence-electron chi connectivity index (χ1n) is 8.49. The number of amides is 2. The Hall–Kier alpha value is -1.58. The number of imide groups is 1. The Balaban J connectivity index is 1.83. The average Bonchev–Trinajstić information content (AvgIpc) is 2.93. The molecule has 2 amide bonds. The minimum Gasteiger partial charge on any atom is -0.496 e. The van der Waals surface area contributed by atoms with Crippen LogP contribution in [0, 0.1) is 6.92 Å². The van der Waals surface area contributed by atoms with Crippen LogP contribution in [0.4, 0.5) is 4.79 Å². The van der Waals surface area contributed by atoms with Crippen LogP contribution in [-0.4, -0.2) is 49.4 Å². The Morgan fingerprint density at radius 3 is 2.58 bits per heavy atom. The van der Waals surface area contributed by atoms with Gasteiger partial charge >= 0.3 is 0 Å². The van der Waals surface area contributed by atoms with E-state index in [2.05, 4.69) is 4.72 Å². The monoisotopic (exact) mass is 398 g/mol. The molecule has 26 heavy (non-hydrogen) atoms. The molecule has 2 aliphatic rings. The summed E-state index contributed by atoms with van der Waals surface area (Å²) in [5.74, 6) is 0.508. The molecule has 142 valence electrons. The van der Waals surface area contributed by atoms with Crippen LogP contribution in [0.15, 0.2) is 23.1 Å². The highest BCUT2D eigenvalue weighted by molar-refractivity contribution is 8.14. The van der Waals surface area contributed by atoms with Crippen molar-refractivity contribution in [3.05, 3.63) is 23.8 Å². The van der Waals surface area contributed by atoms with Gasteiger partial charge in [0.05, 0.1) is 23.8 Å². The highest BCUT2D eigenvalue weighted by Crippen LogP contribution is 2.31. The summed E-state index contributed by atoms with van der Waals surface area (Å²) in [6.07, 6.45) is 2.94. The second-order valence-electron chi connectivity index (χ2n) is 6.53. The Morgan fingerprint density at radius 1 is 1.23 bits per heavy atom. The second kappa shape index (κ2) is 7.58. The fraction of sp³-hybridized carbons (Fsp3) is 0.529. The molecule has 0 unspecified atom stereocenters. The van der Waals surface area contributed by atoms with Crippen molar-refractivity contribution in [1.82, 2.24) is 9.62 Å². The minimum absolute atomic E-state index is 0.131. The number of hydrogen-bond donors (Lipinski definition) is 1. The van der Waals surface area contributed by atoms with Crippen molar-refractivity contribution in [2.24, 2.45) is 0 Å². The van der Waals surface area contributed by atoms with Crippen molar-refractivity contribution in [2.45, 2.75) is 49.6 Å². The quantitative estimate of drug-likeness (QED) is 0.818. The van der Waals surface area contributed by atoms with E-state index in [1.807, 2.05) is 0 Å². The van der Waals surface area contributed by atoms with E-state index in [0.29, 0.717) is 18.6 Å². The van der Waals surface area contributed by atoms with Crippen molar-refractivity contribution in [3.8, 4) is 5.75 Å². The van der Waals surface area contributed by atoms with E-state index in [1.165, 1.54) is 18.1 Å². The molecule has 1 saturated carbocycles. The number of nitrogens with zero attached hydrogens (tertiary/aromatic N) is 1. The van der Waals surface area contributed by atoms with E-state index in [4.69, 9.17) is 4.74 Å². The molecule has 0 bridgehead atoms. The van der Waals surface area contributed by atoms with Crippen molar-refractivity contribution < 1.29 is 22.7 Å². The number of aryl methyl sites for hydroxylation is 1. The van der Waals surface area contributed by atoms with Crippen molar-refractivity contribution in [1.29, 1.82) is 0 Å². The summed E-state index contributed by atoms with van der Waals surface area (Å²) in [4.78, 5) is 25.5. The zero-order valence-corrected chi connectivity index (χ0v) is 16.4. The molecule has 3 rings (SSSR count). The normalized spacial score (nSPS) is 24.2. The molecule has 2 atom stereocenters. The average molecular weight is 399 g/mol. The Morgan fingerprint density at radius 2 is 1.96 bits per heavy atom. The molecule has 1 aliphatic carbocycles. The summed E-state index contributed by atoms with van der Waals surface area (Å²) < 4.78 is 33.6. The van der Waals surface area contributed by atoms with Gasteiger partial charge in [0.15, 0.2) is 0 Å². The molecule has 1 N–H and O–H groups in total. The lowest BCUT2D eigenvalue weighted by Gasteiger charge is -2.36. The molecule has 1 heterocycles. The van der Waals surface area contributed by atoms with Crippen LogP contribution in [0.5, 0.6) is 5.75 Å². The predicted molar refractivity (Wildman–Crippen MR) is 98.8 cm³/mol. The highest BCUT2D eigenvalue weighted by atomic mass is 32.2. The van der Waals surface area contributed by atoms with Gasteiger partial charge in [-0.2, -0.15) is 0 Å². The van der Waals surface area contributed by atoms with Gasteiger partial charge in [-0.1, -0.05) is 24.6 Å². The van der Waals surface area contributed by atoms with Gasteiger partial charge in [0.2, 0.25) is 15.9 Å². The fourth-order valence-electron chi connectivity index (χ4n) is 3.53. The predicted octanol–water partition coefficient (Wildman–Crippen LogP) is 2.29. The van der Waals surface area contributed by atoms with Crippen LogP contribution in [0.1, 0.15) is 31.2 Å². The standard InChI is InChI=1S/C17H22N2O5S2/c1-11-9-12(7-8-15(11)24-2)26(22,23)18-13-5-3-4-6-14(13)19-16(20)10-25-17(19)21/h7-9,13-14,18H,3-6,10H2,1-2H3/t13-,14-/m1/s1. The summed E-state index contributed by atoms with van der Waals surface area (Å²) in [6, 6.07) is 3.78. The van der Waals surface area contributed by atoms with Crippen LogP contribution in [0.3, 0.4) is 0 Å². The van der Waals surface area contributed by atoms with E-state index in [1.54, 1.807) is 19.1 Å². The van der Waals surface area contributed by atoms with E-state index in [0.717, 1.165) is 30.2 Å². The van der Waals surface area contributed by atoms with Gasteiger partial charge < -0.3 is 4.74 Å². The van der Waals surface area contributed by atoms with Gasteiger partial charge in [0.25, 0.3) is 5.24 Å². The molecule has 7 nitrogen and oxygen atoms in total. The summed E-state index contributed by atoms with van der Waals surface area (Å²) in [5, 5.41) is -0.286. The molecule has 1 aliphatic heterocycles. The Bertz CT molecular complexity index is 808. The first kappa shape index (κ1) is 19.2. The third-order valence-corrected chi connectivity index (χ3v) is 7.15. The number of carbonyl (C=O) groups excluding carboxylic acids is 2. The Kier molecular flexibility index (Phi) is 5.59. The van der Waals surface area contributed by atoms with Crippen LogP contribution in [-0.2, 0) is 14.8 Å². The third kappa shape index (κ3) is 3.74. The zero-order valence-electron chi connectivity index (χ0n) is 14.7. The van der Waals surface area contributed by atoms with Gasteiger partial charge in [-0.25, -0.2) is 13.1 Å². The van der Waals surface area contributed by atoms with E-state index >= 15 is 0 Å². The minimum atomic E-state index is -3.77. The number of carbonyl (C=O) groups is 2. The van der Waals surface area contributed by atoms with Crippen molar-refractivity contribution in [3.63, 3.8) is 0 Å². The number of ether oxygens (including phenoxy) is 1. The molecule has 9 heteroatoms. The molecule has 1 saturated heterocycles. The molecule has 1 aromatic rings. The molecule has 2 fully saturated rings. The lowest BCUT2D eigenvalue weighted by atomic mass is 9.90. The molecule has 0 spiro atoms. The van der Waals surface area contributed by atoms with Crippen LogP contribution in [0.2, 0.25) is 0 Å². The SMILES string of the molecule is COc1ccc(S(=O)(=O)N[C@@H]2CCCC[C@H]2N2C(=O)CSC2=O)cc1C. The van der Waals surface area contributed by atoms with Gasteiger partial charge in [-0.05, 0) is 43.5 Å². The number of nitrogens with one attached hydrogen (secondary N) is 1. The number of rotatable bonds is 5. The maximum atomic E-state index is 12.8. The first-order chi connectivity index (χ1) is 12.3. The number of hydrogen-bond acceptors (Lipinski definition) is 6. The van der Waals surface area contributed by atoms with Crippen molar-refractivity contribution >= 4 is 32.9 Å². The van der Waals surface area contributed by atoms with Crippen LogP contribution < -0.4 is 9.46 Å². The second-order valence-corrected chi connectivity index (χ2v) is 9.17. The first-order valence-corrected chi connectivity index (χ1v) is 11.0. The largest absolute Gasteiger partial charge is 0.496 e. The molecular weight excluding hydrogens is 376 g/mol. The molecule has 0 radical (unpaired) electrons. The van der Waals surface area contributed by atoms with E-state index in [-0.39, 0.29) is 21.8 Å². The van der Waals surface area contributed by atoms with Gasteiger partial charge in [0.1, 0.15) is 5.75 Å². The smallest absolute Gasteiger partial charge is 0.289 e. The number of benzene rings is 1. The number of thioether (sulfide) groups is 1. The third-order valence-electron chi connectivity index (χ3n) is 4.83. The topological polar surface area (TPSA) is 92.8 Å². The van der Waals surface area contributed by atoms with Crippen LogP contribution in [0.25, 0.3) is 0 Å². The van der Waals surface area contributed by atoms with E-state index in [9.17, 15) is 18.0 Å². The highest BCUT2D eigenvalue weighted by Gasteiger charge is 2.42. The van der Waals surface area contributed by atoms with E-state index < -0.39 is 22.1 Å². The zero-order chi connectivity index (χ0) is 18.9. The summed E-state index contributed by atoms with van der Waals surface area (Å²) >= 11 is 0.976. The molecule has 1 aromatic carbocycles. The van der Waals surface area contributed by atoms with Crippen LogP contribution >= 0.6 is 11.8 Å². The number of sulfonamides is 1. The summed E-state index contributed by atoms with van der Waals surface area (Å²) in [6.45, 7) is 1.78. The van der Waals surface area contributed by atoms with Gasteiger partial charge in [-0.15, -0.1) is 0 Å². The molecule has 0 aromatic heterocycles. The maximum Gasteiger partial charge on any atom is 0.289 e. The maximum absolute atomic E-state index is 12.8. The van der Waals surface area contributed by atoms with Crippen molar-refractivity contribution in [2.75, 3.05) is 12.9 Å². The van der Waals surface area contributed by atoms with Gasteiger partial charge in [-0.3, -0.25) is 14.5 Å². The number of methoxy groups -OCH3 is 1. The summed E-state index contributed by atoms with van der Waals surface area (Å²) in [5.41, 5.74) is 0.719. The van der Waals surface area contributed by atoms with Gasteiger partial charge in [0, 0.05) is 6.04 Å². The molecular formula is C17H22N2O5S2. The summed E-state index contributed by atoms with van der Waals surface area (Å²) in [7, 11) is -2.24. The lowest BCUT2D eigenvalue weighted by molar-refractivity contribution is -0.127. The lowest BCUT2D eigenvalue weighted by Crippen LogP contribution is -2.54.